The SMILES string of the molecule is Cc1nn(C)c(C)c1NC(=O)[C@@H](C)OC(=O)c1ccc(Cl)c(Cl)c1. The van der Waals surface area contributed by atoms with Gasteiger partial charge in [0.05, 0.1) is 32.7 Å². The molecule has 0 spiro atoms. The molecule has 1 heterocycles. The number of aromatic nitrogens is 2. The number of carbonyl (C=O) groups is 2. The van der Waals surface area contributed by atoms with E-state index in [0.29, 0.717) is 16.4 Å². The first kappa shape index (κ1) is 18.3. The van der Waals surface area contributed by atoms with Crippen LogP contribution in [0.5, 0.6) is 0 Å². The molecule has 0 saturated heterocycles. The van der Waals surface area contributed by atoms with Gasteiger partial charge in [-0.3, -0.25) is 9.48 Å². The lowest BCUT2D eigenvalue weighted by molar-refractivity contribution is -0.123. The zero-order valence-electron chi connectivity index (χ0n) is 13.7. The van der Waals surface area contributed by atoms with Gasteiger partial charge in [0, 0.05) is 7.05 Å². The summed E-state index contributed by atoms with van der Waals surface area (Å²) in [7, 11) is 1.78. The van der Waals surface area contributed by atoms with E-state index in [1.807, 2.05) is 6.92 Å². The number of esters is 1. The van der Waals surface area contributed by atoms with Crippen molar-refractivity contribution in [2.24, 2.45) is 7.05 Å². The van der Waals surface area contributed by atoms with Gasteiger partial charge in [0.1, 0.15) is 0 Å². The Kier molecular flexibility index (Phi) is 5.51. The summed E-state index contributed by atoms with van der Waals surface area (Å²) in [5.74, 6) is -1.10. The molecular formula is C16H17Cl2N3O3. The molecule has 0 aliphatic rings. The van der Waals surface area contributed by atoms with E-state index < -0.39 is 18.0 Å². The maximum Gasteiger partial charge on any atom is 0.338 e. The van der Waals surface area contributed by atoms with Crippen molar-refractivity contribution in [1.82, 2.24) is 9.78 Å². The molecule has 0 fully saturated rings. The third-order valence-electron chi connectivity index (χ3n) is 3.57. The second-order valence-corrected chi connectivity index (χ2v) is 6.15. The largest absolute Gasteiger partial charge is 0.449 e. The molecule has 128 valence electrons. The van der Waals surface area contributed by atoms with Gasteiger partial charge in [-0.2, -0.15) is 5.10 Å². The van der Waals surface area contributed by atoms with Crippen molar-refractivity contribution in [3.8, 4) is 0 Å². The van der Waals surface area contributed by atoms with Crippen LogP contribution in [-0.2, 0) is 16.6 Å². The predicted octanol–water partition coefficient (Wildman–Crippen LogP) is 3.53. The molecule has 0 unspecified atom stereocenters. The molecule has 1 N–H and O–H groups in total. The van der Waals surface area contributed by atoms with Gasteiger partial charge in [-0.05, 0) is 39.0 Å². The highest BCUT2D eigenvalue weighted by Gasteiger charge is 2.22. The van der Waals surface area contributed by atoms with Gasteiger partial charge in [0.2, 0.25) is 0 Å². The maximum atomic E-state index is 12.2. The van der Waals surface area contributed by atoms with Crippen LogP contribution in [0.2, 0.25) is 10.0 Å². The number of hydrogen-bond acceptors (Lipinski definition) is 4. The molecule has 1 atom stereocenters. The minimum absolute atomic E-state index is 0.220. The first-order valence-corrected chi connectivity index (χ1v) is 7.93. The van der Waals surface area contributed by atoms with Crippen LogP contribution in [0.1, 0.15) is 28.7 Å². The van der Waals surface area contributed by atoms with Crippen LogP contribution < -0.4 is 5.32 Å². The number of anilines is 1. The molecule has 8 heteroatoms. The van der Waals surface area contributed by atoms with Crippen LogP contribution in [0.25, 0.3) is 0 Å². The van der Waals surface area contributed by atoms with Gasteiger partial charge in [-0.15, -0.1) is 0 Å². The minimum Gasteiger partial charge on any atom is -0.449 e. The van der Waals surface area contributed by atoms with Gasteiger partial charge in [-0.1, -0.05) is 23.2 Å². The van der Waals surface area contributed by atoms with E-state index in [-0.39, 0.29) is 10.6 Å². The number of carbonyl (C=O) groups excluding carboxylic acids is 2. The summed E-state index contributed by atoms with van der Waals surface area (Å²) in [4.78, 5) is 24.3. The van der Waals surface area contributed by atoms with Crippen molar-refractivity contribution in [3.05, 3.63) is 45.2 Å². The zero-order valence-corrected chi connectivity index (χ0v) is 15.2. The lowest BCUT2D eigenvalue weighted by Gasteiger charge is -2.14. The summed E-state index contributed by atoms with van der Waals surface area (Å²) < 4.78 is 6.84. The third-order valence-corrected chi connectivity index (χ3v) is 4.30. The van der Waals surface area contributed by atoms with E-state index in [0.717, 1.165) is 5.69 Å². The number of ether oxygens (including phenoxy) is 1. The molecule has 0 aliphatic carbocycles. The first-order chi connectivity index (χ1) is 11.2. The van der Waals surface area contributed by atoms with Crippen molar-refractivity contribution in [2.45, 2.75) is 26.9 Å². The number of rotatable bonds is 4. The fraction of sp³-hybridized carbons (Fsp3) is 0.312. The Morgan fingerprint density at radius 2 is 1.92 bits per heavy atom. The summed E-state index contributed by atoms with van der Waals surface area (Å²) in [6.45, 7) is 5.11. The van der Waals surface area contributed by atoms with E-state index >= 15 is 0 Å². The van der Waals surface area contributed by atoms with Crippen molar-refractivity contribution < 1.29 is 14.3 Å². The van der Waals surface area contributed by atoms with Gasteiger partial charge in [-0.25, -0.2) is 4.79 Å². The standard InChI is InChI=1S/C16H17Cl2N3O3/c1-8-14(9(2)21(4)20-8)19-15(22)10(3)24-16(23)11-5-6-12(17)13(18)7-11/h5-7,10H,1-4H3,(H,19,22)/t10-/m1/s1. The normalized spacial score (nSPS) is 11.9. The van der Waals surface area contributed by atoms with Crippen molar-refractivity contribution >= 4 is 40.8 Å². The van der Waals surface area contributed by atoms with E-state index in [4.69, 9.17) is 27.9 Å². The molecule has 2 rings (SSSR count). The van der Waals surface area contributed by atoms with Gasteiger partial charge in [0.25, 0.3) is 5.91 Å². The zero-order chi connectivity index (χ0) is 18.0. The van der Waals surface area contributed by atoms with Crippen molar-refractivity contribution in [3.63, 3.8) is 0 Å². The summed E-state index contributed by atoms with van der Waals surface area (Å²) in [6.07, 6.45) is -0.981. The monoisotopic (exact) mass is 369 g/mol. The second kappa shape index (κ2) is 7.23. The molecule has 0 bridgehead atoms. The number of benzene rings is 1. The third kappa shape index (κ3) is 3.88. The summed E-state index contributed by atoms with van der Waals surface area (Å²) in [6, 6.07) is 4.37. The molecule has 24 heavy (non-hydrogen) atoms. The Bertz CT molecular complexity index is 802. The first-order valence-electron chi connectivity index (χ1n) is 7.17. The Hall–Kier alpha value is -2.05. The van der Waals surface area contributed by atoms with Crippen LogP contribution in [0, 0.1) is 13.8 Å². The number of amides is 1. The highest BCUT2D eigenvalue weighted by molar-refractivity contribution is 6.42. The molecule has 1 aromatic heterocycles. The van der Waals surface area contributed by atoms with E-state index in [1.165, 1.54) is 25.1 Å². The number of hydrogen-bond donors (Lipinski definition) is 1. The smallest absolute Gasteiger partial charge is 0.338 e. The molecule has 0 radical (unpaired) electrons. The molecule has 0 saturated carbocycles. The molecule has 2 aromatic rings. The van der Waals surface area contributed by atoms with Crippen LogP contribution in [0.4, 0.5) is 5.69 Å². The average Bonchev–Trinajstić information content (AvgIpc) is 2.76. The lowest BCUT2D eigenvalue weighted by Crippen LogP contribution is -2.30. The number of nitrogens with zero attached hydrogens (tertiary/aromatic N) is 2. The molecular weight excluding hydrogens is 353 g/mol. The second-order valence-electron chi connectivity index (χ2n) is 5.34. The highest BCUT2D eigenvalue weighted by Crippen LogP contribution is 2.23. The van der Waals surface area contributed by atoms with Gasteiger partial charge in [0.15, 0.2) is 6.10 Å². The highest BCUT2D eigenvalue weighted by atomic mass is 35.5. The quantitative estimate of drug-likeness (QED) is 0.836. The fourth-order valence-electron chi connectivity index (χ4n) is 2.08. The minimum atomic E-state index is -0.981. The van der Waals surface area contributed by atoms with Crippen molar-refractivity contribution in [1.29, 1.82) is 0 Å². The van der Waals surface area contributed by atoms with Gasteiger partial charge >= 0.3 is 5.97 Å². The Morgan fingerprint density at radius 3 is 2.46 bits per heavy atom. The summed E-state index contributed by atoms with van der Waals surface area (Å²) >= 11 is 11.7. The average molecular weight is 370 g/mol. The molecule has 1 aromatic carbocycles. The van der Waals surface area contributed by atoms with Crippen LogP contribution in [0.3, 0.4) is 0 Å². The molecule has 0 aliphatic heterocycles. The van der Waals surface area contributed by atoms with Crippen LogP contribution >= 0.6 is 23.2 Å². The molecule has 1 amide bonds. The summed E-state index contributed by atoms with van der Waals surface area (Å²) in [5.41, 5.74) is 2.33. The topological polar surface area (TPSA) is 73.2 Å². The van der Waals surface area contributed by atoms with Crippen LogP contribution in [0.15, 0.2) is 18.2 Å². The number of halogens is 2. The van der Waals surface area contributed by atoms with E-state index in [9.17, 15) is 9.59 Å². The Morgan fingerprint density at radius 1 is 1.25 bits per heavy atom. The summed E-state index contributed by atoms with van der Waals surface area (Å²) in [5, 5.41) is 7.52. The van der Waals surface area contributed by atoms with E-state index in [2.05, 4.69) is 10.4 Å². The predicted molar refractivity (Wildman–Crippen MR) is 92.7 cm³/mol. The Labute approximate surface area is 149 Å². The molecule has 6 nitrogen and oxygen atoms in total. The Balaban J connectivity index is 2.05. The van der Waals surface area contributed by atoms with Gasteiger partial charge < -0.3 is 10.1 Å². The van der Waals surface area contributed by atoms with Crippen LogP contribution in [-0.4, -0.2) is 27.8 Å². The maximum absolute atomic E-state index is 12.2. The van der Waals surface area contributed by atoms with E-state index in [1.54, 1.807) is 18.7 Å². The van der Waals surface area contributed by atoms with Crippen molar-refractivity contribution in [2.75, 3.05) is 5.32 Å². The fourth-order valence-corrected chi connectivity index (χ4v) is 2.38. The number of aryl methyl sites for hydroxylation is 2. The lowest BCUT2D eigenvalue weighted by atomic mass is 10.2. The number of nitrogens with one attached hydrogen (secondary N) is 1.